The molecule has 24 heavy (non-hydrogen) atoms. The molecule has 1 heterocycles. The lowest BCUT2D eigenvalue weighted by Crippen LogP contribution is -2.22. The minimum absolute atomic E-state index is 0.104. The number of anilines is 1. The molecule has 1 N–H and O–H groups in total. The first-order valence-corrected chi connectivity index (χ1v) is 8.03. The van der Waals surface area contributed by atoms with E-state index in [0.29, 0.717) is 15.6 Å². The van der Waals surface area contributed by atoms with Gasteiger partial charge in [-0.15, -0.1) is 0 Å². The molecule has 0 fully saturated rings. The van der Waals surface area contributed by atoms with Crippen LogP contribution in [0.4, 0.5) is 5.82 Å². The molecule has 1 aromatic heterocycles. The Morgan fingerprint density at radius 2 is 1.88 bits per heavy atom. The number of nitrogens with zero attached hydrogens (tertiary/aromatic N) is 1. The number of amides is 1. The van der Waals surface area contributed by atoms with E-state index in [1.54, 1.807) is 6.92 Å². The molecule has 0 unspecified atom stereocenters. The summed E-state index contributed by atoms with van der Waals surface area (Å²) in [7, 11) is 0. The van der Waals surface area contributed by atoms with E-state index in [-0.39, 0.29) is 21.4 Å². The van der Waals surface area contributed by atoms with Crippen molar-refractivity contribution in [3.05, 3.63) is 55.6 Å². The van der Waals surface area contributed by atoms with Crippen LogP contribution in [0.2, 0.25) is 20.1 Å². The van der Waals surface area contributed by atoms with Gasteiger partial charge in [0.15, 0.2) is 12.4 Å². The number of aromatic nitrogens is 1. The van der Waals surface area contributed by atoms with Crippen molar-refractivity contribution in [2.24, 2.45) is 0 Å². The van der Waals surface area contributed by atoms with Gasteiger partial charge in [0.25, 0.3) is 5.91 Å². The van der Waals surface area contributed by atoms with Gasteiger partial charge in [-0.25, -0.2) is 9.78 Å². The summed E-state index contributed by atoms with van der Waals surface area (Å²) in [5.41, 5.74) is 0.681. The third-order valence-corrected chi connectivity index (χ3v) is 4.34. The number of ether oxygens (including phenoxy) is 1. The zero-order valence-corrected chi connectivity index (χ0v) is 15.2. The summed E-state index contributed by atoms with van der Waals surface area (Å²) in [5.74, 6) is -1.23. The molecule has 9 heteroatoms. The van der Waals surface area contributed by atoms with Gasteiger partial charge in [0.2, 0.25) is 0 Å². The maximum Gasteiger partial charge on any atom is 0.340 e. The minimum Gasteiger partial charge on any atom is -0.452 e. The molecule has 0 aliphatic heterocycles. The Balaban J connectivity index is 1.98. The molecule has 126 valence electrons. The van der Waals surface area contributed by atoms with Crippen LogP contribution in [0.1, 0.15) is 15.9 Å². The number of pyridine rings is 1. The Labute approximate surface area is 157 Å². The van der Waals surface area contributed by atoms with Gasteiger partial charge < -0.3 is 10.1 Å². The Morgan fingerprint density at radius 1 is 1.17 bits per heavy atom. The molecule has 0 saturated carbocycles. The van der Waals surface area contributed by atoms with Crippen molar-refractivity contribution in [3.8, 4) is 0 Å². The number of nitrogens with one attached hydrogen (secondary N) is 1. The van der Waals surface area contributed by atoms with E-state index in [2.05, 4.69) is 10.3 Å². The zero-order chi connectivity index (χ0) is 17.9. The molecule has 0 aliphatic rings. The van der Waals surface area contributed by atoms with Crippen molar-refractivity contribution >= 4 is 64.1 Å². The maximum atomic E-state index is 11.9. The second-order valence-corrected chi connectivity index (χ2v) is 6.27. The van der Waals surface area contributed by atoms with Gasteiger partial charge >= 0.3 is 5.97 Å². The first kappa shape index (κ1) is 18.8. The fourth-order valence-electron chi connectivity index (χ4n) is 1.68. The van der Waals surface area contributed by atoms with Gasteiger partial charge in [0, 0.05) is 11.2 Å². The number of carbonyl (C=O) groups excluding carboxylic acids is 2. The zero-order valence-electron chi connectivity index (χ0n) is 12.2. The molecule has 1 aromatic carbocycles. The number of rotatable bonds is 4. The van der Waals surface area contributed by atoms with E-state index >= 15 is 0 Å². The maximum absolute atomic E-state index is 11.9. The van der Waals surface area contributed by atoms with E-state index in [9.17, 15) is 9.59 Å². The van der Waals surface area contributed by atoms with Crippen LogP contribution in [0.25, 0.3) is 0 Å². The van der Waals surface area contributed by atoms with Crippen LogP contribution < -0.4 is 5.32 Å². The molecule has 2 rings (SSSR count). The van der Waals surface area contributed by atoms with Crippen LogP contribution in [0, 0.1) is 6.92 Å². The fourth-order valence-corrected chi connectivity index (χ4v) is 2.55. The number of halogens is 4. The molecule has 0 radical (unpaired) electrons. The average Bonchev–Trinajstić information content (AvgIpc) is 2.53. The SMILES string of the molecule is Cc1c(Cl)cnc(NC(=O)COC(=O)c2ccc(Cl)cc2Cl)c1Cl. The van der Waals surface area contributed by atoms with Crippen LogP contribution in [0.15, 0.2) is 24.4 Å². The topological polar surface area (TPSA) is 68.3 Å². The van der Waals surface area contributed by atoms with Crippen molar-refractivity contribution in [1.82, 2.24) is 4.98 Å². The Kier molecular flexibility index (Phi) is 6.29. The highest BCUT2D eigenvalue weighted by Gasteiger charge is 2.16. The molecule has 0 saturated heterocycles. The van der Waals surface area contributed by atoms with Crippen LogP contribution >= 0.6 is 46.4 Å². The Hall–Kier alpha value is -1.53. The molecule has 0 bridgehead atoms. The van der Waals surface area contributed by atoms with Crippen molar-refractivity contribution in [3.63, 3.8) is 0 Å². The minimum atomic E-state index is -0.752. The summed E-state index contributed by atoms with van der Waals surface area (Å²) < 4.78 is 4.90. The highest BCUT2D eigenvalue weighted by Crippen LogP contribution is 2.28. The fraction of sp³-hybridized carbons (Fsp3) is 0.133. The van der Waals surface area contributed by atoms with Crippen molar-refractivity contribution in [2.75, 3.05) is 11.9 Å². The number of esters is 1. The first-order valence-electron chi connectivity index (χ1n) is 6.52. The molecular formula is C15H10Cl4N2O3. The van der Waals surface area contributed by atoms with Gasteiger partial charge in [-0.3, -0.25) is 4.79 Å². The number of hydrogen-bond acceptors (Lipinski definition) is 4. The summed E-state index contributed by atoms with van der Waals surface area (Å²) in [6.45, 7) is 1.15. The van der Waals surface area contributed by atoms with E-state index in [4.69, 9.17) is 51.1 Å². The number of hydrogen-bond donors (Lipinski definition) is 1. The molecule has 1 amide bonds. The summed E-state index contributed by atoms with van der Waals surface area (Å²) in [5, 5.41) is 3.54. The average molecular weight is 408 g/mol. The molecule has 0 spiro atoms. The monoisotopic (exact) mass is 406 g/mol. The van der Waals surface area contributed by atoms with Gasteiger partial charge in [-0.05, 0) is 30.7 Å². The third-order valence-electron chi connectivity index (χ3n) is 2.95. The quantitative estimate of drug-likeness (QED) is 0.739. The van der Waals surface area contributed by atoms with E-state index in [1.807, 2.05) is 0 Å². The molecule has 0 aliphatic carbocycles. The molecule has 2 aromatic rings. The van der Waals surface area contributed by atoms with E-state index in [0.717, 1.165) is 0 Å². The predicted octanol–water partition coefficient (Wildman–Crippen LogP) is 4.80. The van der Waals surface area contributed by atoms with Gasteiger partial charge in [0.1, 0.15) is 0 Å². The van der Waals surface area contributed by atoms with E-state index < -0.39 is 18.5 Å². The van der Waals surface area contributed by atoms with Crippen molar-refractivity contribution < 1.29 is 14.3 Å². The predicted molar refractivity (Wildman–Crippen MR) is 94.4 cm³/mol. The van der Waals surface area contributed by atoms with Crippen molar-refractivity contribution in [1.29, 1.82) is 0 Å². The molecular weight excluding hydrogens is 398 g/mol. The highest BCUT2D eigenvalue weighted by molar-refractivity contribution is 6.38. The van der Waals surface area contributed by atoms with Gasteiger partial charge in [-0.2, -0.15) is 0 Å². The lowest BCUT2D eigenvalue weighted by molar-refractivity contribution is -0.119. The largest absolute Gasteiger partial charge is 0.452 e. The normalized spacial score (nSPS) is 10.4. The van der Waals surface area contributed by atoms with Gasteiger partial charge in [-0.1, -0.05) is 46.4 Å². The number of benzene rings is 1. The van der Waals surface area contributed by atoms with Crippen LogP contribution in [-0.2, 0) is 9.53 Å². The first-order chi connectivity index (χ1) is 11.3. The Morgan fingerprint density at radius 3 is 2.54 bits per heavy atom. The van der Waals surface area contributed by atoms with Crippen LogP contribution in [0.5, 0.6) is 0 Å². The summed E-state index contributed by atoms with van der Waals surface area (Å²) >= 11 is 23.6. The second kappa shape index (κ2) is 8.03. The molecule has 5 nitrogen and oxygen atoms in total. The standard InChI is InChI=1S/C15H10Cl4N2O3/c1-7-11(18)5-20-14(13(7)19)21-12(22)6-24-15(23)9-3-2-8(16)4-10(9)17/h2-5H,6H2,1H3,(H,20,21,22). The summed E-state index contributed by atoms with van der Waals surface area (Å²) in [4.78, 5) is 27.7. The van der Waals surface area contributed by atoms with E-state index in [1.165, 1.54) is 24.4 Å². The van der Waals surface area contributed by atoms with Crippen LogP contribution in [-0.4, -0.2) is 23.5 Å². The number of carbonyl (C=O) groups is 2. The molecule has 0 atom stereocenters. The smallest absolute Gasteiger partial charge is 0.340 e. The highest BCUT2D eigenvalue weighted by atomic mass is 35.5. The Bertz CT molecular complexity index is 812. The summed E-state index contributed by atoms with van der Waals surface area (Å²) in [6, 6.07) is 4.30. The van der Waals surface area contributed by atoms with Crippen LogP contribution in [0.3, 0.4) is 0 Å². The summed E-state index contributed by atoms with van der Waals surface area (Å²) in [6.07, 6.45) is 1.36. The lowest BCUT2D eigenvalue weighted by atomic mass is 10.2. The second-order valence-electron chi connectivity index (χ2n) is 4.64. The lowest BCUT2D eigenvalue weighted by Gasteiger charge is -2.10. The van der Waals surface area contributed by atoms with Crippen molar-refractivity contribution in [2.45, 2.75) is 6.92 Å². The van der Waals surface area contributed by atoms with Gasteiger partial charge in [0.05, 0.1) is 20.6 Å². The third kappa shape index (κ3) is 4.51.